The molecule has 3 aliphatic rings. The van der Waals surface area contributed by atoms with E-state index >= 15 is 0 Å². The van der Waals surface area contributed by atoms with Gasteiger partial charge in [0.25, 0.3) is 5.91 Å². The first-order valence-corrected chi connectivity index (χ1v) is 10.2. The molecule has 0 bridgehead atoms. The van der Waals surface area contributed by atoms with Gasteiger partial charge in [0.2, 0.25) is 0 Å². The number of amides is 1. The van der Waals surface area contributed by atoms with E-state index in [-0.39, 0.29) is 17.5 Å². The highest BCUT2D eigenvalue weighted by Gasteiger charge is 2.41. The summed E-state index contributed by atoms with van der Waals surface area (Å²) in [4.78, 5) is 13.3. The zero-order chi connectivity index (χ0) is 18.1. The predicted octanol–water partition coefficient (Wildman–Crippen LogP) is 4.02. The van der Waals surface area contributed by atoms with Gasteiger partial charge in [-0.1, -0.05) is 17.7 Å². The summed E-state index contributed by atoms with van der Waals surface area (Å²) in [6.07, 6.45) is 9.96. The molecular weight excluding hydrogens is 348 g/mol. The number of hydrogen-bond donors (Lipinski definition) is 2. The summed E-state index contributed by atoms with van der Waals surface area (Å²) in [6.45, 7) is 3.80. The Hall–Kier alpha value is -1.52. The first-order valence-electron chi connectivity index (χ1n) is 9.78. The van der Waals surface area contributed by atoms with E-state index in [1.54, 1.807) is 6.07 Å². The van der Waals surface area contributed by atoms with E-state index in [1.807, 2.05) is 6.07 Å². The molecule has 2 heterocycles. The zero-order valence-corrected chi connectivity index (χ0v) is 16.1. The molecule has 26 heavy (non-hydrogen) atoms. The number of fused-ring (bicyclic) bond motifs is 1. The van der Waals surface area contributed by atoms with Crippen LogP contribution >= 0.6 is 11.6 Å². The Morgan fingerprint density at radius 1 is 1.31 bits per heavy atom. The standard InChI is InChI=1S/C21H27ClN2O2/c1-21(18-8-5-10-23-18,15-6-3-2-4-7-15)24-20(25)17-13-16(22)12-14-9-11-26-19(14)17/h6,12-13,18,23H,2-5,7-11H2,1H3,(H,24,25). The maximum atomic E-state index is 13.3. The summed E-state index contributed by atoms with van der Waals surface area (Å²) >= 11 is 6.26. The summed E-state index contributed by atoms with van der Waals surface area (Å²) in [5.41, 5.74) is 2.57. The van der Waals surface area contributed by atoms with Crippen LogP contribution in [0.3, 0.4) is 0 Å². The largest absolute Gasteiger partial charge is 0.492 e. The fourth-order valence-corrected chi connectivity index (χ4v) is 4.86. The van der Waals surface area contributed by atoms with Crippen LogP contribution < -0.4 is 15.4 Å². The van der Waals surface area contributed by atoms with Crippen molar-refractivity contribution < 1.29 is 9.53 Å². The van der Waals surface area contributed by atoms with Gasteiger partial charge in [0, 0.05) is 17.5 Å². The second-order valence-corrected chi connectivity index (χ2v) is 8.26. The number of halogens is 1. The van der Waals surface area contributed by atoms with Crippen molar-refractivity contribution in [3.63, 3.8) is 0 Å². The molecule has 4 nitrogen and oxygen atoms in total. The van der Waals surface area contributed by atoms with Crippen molar-refractivity contribution in [3.8, 4) is 5.75 Å². The smallest absolute Gasteiger partial charge is 0.255 e. The minimum absolute atomic E-state index is 0.0895. The second-order valence-electron chi connectivity index (χ2n) is 7.82. The normalized spacial score (nSPS) is 24.4. The molecule has 0 aromatic heterocycles. The van der Waals surface area contributed by atoms with Gasteiger partial charge in [0.15, 0.2) is 0 Å². The van der Waals surface area contributed by atoms with Crippen molar-refractivity contribution in [1.82, 2.24) is 10.6 Å². The molecule has 1 amide bonds. The van der Waals surface area contributed by atoms with Gasteiger partial charge in [0.05, 0.1) is 17.7 Å². The van der Waals surface area contributed by atoms with Crippen LogP contribution in [0.5, 0.6) is 5.75 Å². The molecule has 2 unspecified atom stereocenters. The molecule has 1 aromatic rings. The van der Waals surface area contributed by atoms with E-state index in [0.717, 1.165) is 44.2 Å². The average molecular weight is 375 g/mol. The summed E-state index contributed by atoms with van der Waals surface area (Å²) < 4.78 is 5.74. The van der Waals surface area contributed by atoms with Gasteiger partial charge in [-0.2, -0.15) is 0 Å². The van der Waals surface area contributed by atoms with Crippen LogP contribution in [-0.2, 0) is 6.42 Å². The number of ether oxygens (including phenoxy) is 1. The second kappa shape index (κ2) is 7.24. The molecular formula is C21H27ClN2O2. The van der Waals surface area contributed by atoms with E-state index < -0.39 is 0 Å². The summed E-state index contributed by atoms with van der Waals surface area (Å²) in [5.74, 6) is 0.611. The van der Waals surface area contributed by atoms with Crippen LogP contribution in [0.4, 0.5) is 0 Å². The van der Waals surface area contributed by atoms with Crippen LogP contribution in [0.2, 0.25) is 5.02 Å². The Bertz CT molecular complexity index is 740. The lowest BCUT2D eigenvalue weighted by Gasteiger charge is -2.40. The molecule has 0 radical (unpaired) electrons. The Labute approximate surface area is 160 Å². The van der Waals surface area contributed by atoms with Crippen LogP contribution in [-0.4, -0.2) is 30.6 Å². The van der Waals surface area contributed by atoms with Crippen LogP contribution in [0.25, 0.3) is 0 Å². The number of carbonyl (C=O) groups excluding carboxylic acids is 1. The first-order chi connectivity index (χ1) is 12.6. The number of benzene rings is 1. The molecule has 0 spiro atoms. The highest BCUT2D eigenvalue weighted by atomic mass is 35.5. The Morgan fingerprint density at radius 3 is 2.92 bits per heavy atom. The molecule has 1 aliphatic carbocycles. The molecule has 0 saturated carbocycles. The lowest BCUT2D eigenvalue weighted by atomic mass is 9.78. The van der Waals surface area contributed by atoms with E-state index in [0.29, 0.717) is 22.9 Å². The van der Waals surface area contributed by atoms with Crippen molar-refractivity contribution >= 4 is 17.5 Å². The monoisotopic (exact) mass is 374 g/mol. The Balaban J connectivity index is 1.66. The minimum Gasteiger partial charge on any atom is -0.492 e. The molecule has 1 fully saturated rings. The van der Waals surface area contributed by atoms with E-state index in [4.69, 9.17) is 16.3 Å². The molecule has 2 aliphatic heterocycles. The first kappa shape index (κ1) is 17.9. The van der Waals surface area contributed by atoms with E-state index in [2.05, 4.69) is 23.6 Å². The van der Waals surface area contributed by atoms with Gasteiger partial charge in [-0.15, -0.1) is 0 Å². The van der Waals surface area contributed by atoms with Crippen LogP contribution in [0, 0.1) is 0 Å². The van der Waals surface area contributed by atoms with Gasteiger partial charge >= 0.3 is 0 Å². The summed E-state index contributed by atoms with van der Waals surface area (Å²) in [7, 11) is 0. The van der Waals surface area contributed by atoms with Crippen LogP contribution in [0.15, 0.2) is 23.8 Å². The fraction of sp³-hybridized carbons (Fsp3) is 0.571. The number of rotatable bonds is 4. The third-order valence-corrected chi connectivity index (χ3v) is 6.30. The lowest BCUT2D eigenvalue weighted by Crippen LogP contribution is -2.59. The molecule has 5 heteroatoms. The van der Waals surface area contributed by atoms with Gasteiger partial charge in [0.1, 0.15) is 5.75 Å². The Morgan fingerprint density at radius 2 is 2.19 bits per heavy atom. The van der Waals surface area contributed by atoms with Gasteiger partial charge in [-0.25, -0.2) is 0 Å². The van der Waals surface area contributed by atoms with Crippen molar-refractivity contribution in [1.29, 1.82) is 0 Å². The maximum Gasteiger partial charge on any atom is 0.255 e. The maximum absolute atomic E-state index is 13.3. The van der Waals surface area contributed by atoms with Crippen molar-refractivity contribution in [2.75, 3.05) is 13.2 Å². The third-order valence-electron chi connectivity index (χ3n) is 6.08. The number of carbonyl (C=O) groups is 1. The van der Waals surface area contributed by atoms with Crippen LogP contribution in [0.1, 0.15) is 61.4 Å². The molecule has 1 saturated heterocycles. The topological polar surface area (TPSA) is 50.4 Å². The summed E-state index contributed by atoms with van der Waals surface area (Å²) in [5, 5.41) is 7.57. The third kappa shape index (κ3) is 3.25. The van der Waals surface area contributed by atoms with Gasteiger partial charge < -0.3 is 15.4 Å². The van der Waals surface area contributed by atoms with Crippen molar-refractivity contribution in [3.05, 3.63) is 39.9 Å². The zero-order valence-electron chi connectivity index (χ0n) is 15.4. The molecule has 1 aromatic carbocycles. The summed E-state index contributed by atoms with van der Waals surface area (Å²) in [6, 6.07) is 3.91. The quantitative estimate of drug-likeness (QED) is 0.783. The van der Waals surface area contributed by atoms with Crippen molar-refractivity contribution in [2.24, 2.45) is 0 Å². The fourth-order valence-electron chi connectivity index (χ4n) is 4.62. The average Bonchev–Trinajstić information content (AvgIpc) is 3.33. The van der Waals surface area contributed by atoms with Crippen molar-refractivity contribution in [2.45, 2.75) is 63.5 Å². The van der Waals surface area contributed by atoms with E-state index in [1.165, 1.54) is 18.4 Å². The molecule has 2 atom stereocenters. The molecule has 140 valence electrons. The minimum atomic E-state index is -0.373. The molecule has 2 N–H and O–H groups in total. The SMILES string of the molecule is CC(NC(=O)c1cc(Cl)cc2c1OCC2)(C1=CCCCC1)C1CCCN1. The highest BCUT2D eigenvalue weighted by molar-refractivity contribution is 6.31. The molecule has 4 rings (SSSR count). The van der Waals surface area contributed by atoms with Gasteiger partial charge in [-0.05, 0) is 75.3 Å². The highest BCUT2D eigenvalue weighted by Crippen LogP contribution is 2.36. The van der Waals surface area contributed by atoms with Gasteiger partial charge in [-0.3, -0.25) is 4.79 Å². The predicted molar refractivity (Wildman–Crippen MR) is 104 cm³/mol. The Kier molecular flexibility index (Phi) is 4.98. The number of nitrogens with one attached hydrogen (secondary N) is 2. The number of allylic oxidation sites excluding steroid dienone is 1. The van der Waals surface area contributed by atoms with E-state index in [9.17, 15) is 4.79 Å². The number of hydrogen-bond acceptors (Lipinski definition) is 3. The lowest BCUT2D eigenvalue weighted by molar-refractivity contribution is 0.0898.